The highest BCUT2D eigenvalue weighted by molar-refractivity contribution is 5.94. The molecule has 1 aromatic carbocycles. The zero-order valence-corrected chi connectivity index (χ0v) is 11.6. The first-order valence-electron chi connectivity index (χ1n) is 6.89. The number of anilines is 1. The van der Waals surface area contributed by atoms with E-state index >= 15 is 0 Å². The van der Waals surface area contributed by atoms with Crippen LogP contribution in [-0.4, -0.2) is 22.1 Å². The number of benzene rings is 1. The average molecular weight is 304 g/mol. The van der Waals surface area contributed by atoms with Crippen LogP contribution in [0.4, 0.5) is 14.5 Å². The highest BCUT2D eigenvalue weighted by Gasteiger charge is 2.37. The molecule has 1 aliphatic carbocycles. The van der Waals surface area contributed by atoms with E-state index in [1.165, 1.54) is 24.4 Å². The molecule has 1 aromatic heterocycles. The number of para-hydroxylation sites is 1. The summed E-state index contributed by atoms with van der Waals surface area (Å²) in [5.41, 5.74) is 0.114. The van der Waals surface area contributed by atoms with Crippen molar-refractivity contribution in [3.05, 3.63) is 53.9 Å². The van der Waals surface area contributed by atoms with E-state index in [0.717, 1.165) is 19.0 Å². The van der Waals surface area contributed by atoms with Gasteiger partial charge in [-0.1, -0.05) is 12.1 Å². The molecular formula is C15H14F2N4O. The van der Waals surface area contributed by atoms with Crippen molar-refractivity contribution in [2.45, 2.75) is 24.9 Å². The zero-order chi connectivity index (χ0) is 15.6. The van der Waals surface area contributed by atoms with Gasteiger partial charge in [-0.05, 0) is 31.0 Å². The average Bonchev–Trinajstić information content (AvgIpc) is 3.32. The normalized spacial score (nSPS) is 14.5. The summed E-state index contributed by atoms with van der Waals surface area (Å²) in [5, 5.41) is 11.8. The molecule has 114 valence electrons. The molecule has 0 bridgehead atoms. The summed E-state index contributed by atoms with van der Waals surface area (Å²) < 4.78 is 28.8. The number of halogens is 2. The molecule has 0 aliphatic heterocycles. The van der Waals surface area contributed by atoms with Crippen LogP contribution >= 0.6 is 0 Å². The molecule has 3 rings (SSSR count). The van der Waals surface area contributed by atoms with Gasteiger partial charge in [0.05, 0.1) is 23.5 Å². The molecule has 2 N–H and O–H groups in total. The lowest BCUT2D eigenvalue weighted by molar-refractivity contribution is -0.0327. The van der Waals surface area contributed by atoms with Gasteiger partial charge in [0.2, 0.25) is 0 Å². The van der Waals surface area contributed by atoms with E-state index in [1.54, 1.807) is 17.4 Å². The number of hydrogen-bond donors (Lipinski definition) is 2. The quantitative estimate of drug-likeness (QED) is 0.833. The summed E-state index contributed by atoms with van der Waals surface area (Å²) in [6.45, 7) is 0. The van der Waals surface area contributed by atoms with Gasteiger partial charge in [0.25, 0.3) is 5.91 Å². The van der Waals surface area contributed by atoms with Crippen molar-refractivity contribution in [1.29, 1.82) is 0 Å². The molecule has 1 aliphatic rings. The van der Waals surface area contributed by atoms with Gasteiger partial charge in [-0.15, -0.1) is 0 Å². The Bertz CT molecular complexity index is 674. The van der Waals surface area contributed by atoms with E-state index in [4.69, 9.17) is 0 Å². The van der Waals surface area contributed by atoms with E-state index in [0.29, 0.717) is 5.69 Å². The molecule has 1 fully saturated rings. The molecule has 0 atom stereocenters. The maximum Gasteiger partial charge on any atom is 0.354 e. The number of carbonyl (C=O) groups excluding carboxylic acids is 1. The fraction of sp³-hybridized carbons (Fsp3) is 0.267. The first-order valence-corrected chi connectivity index (χ1v) is 6.89. The van der Waals surface area contributed by atoms with Gasteiger partial charge in [0.1, 0.15) is 0 Å². The van der Waals surface area contributed by atoms with Crippen molar-refractivity contribution < 1.29 is 13.6 Å². The number of alkyl halides is 2. The lowest BCUT2D eigenvalue weighted by atomic mass is 10.1. The van der Waals surface area contributed by atoms with Crippen molar-refractivity contribution in [3.63, 3.8) is 0 Å². The fourth-order valence-electron chi connectivity index (χ4n) is 2.04. The number of nitrogens with zero attached hydrogens (tertiary/aromatic N) is 2. The SMILES string of the molecule is O=C(NC(F)(F)c1ccccc1NC1CC1)c1ccnnc1. The van der Waals surface area contributed by atoms with Gasteiger partial charge < -0.3 is 5.32 Å². The molecule has 0 unspecified atom stereocenters. The summed E-state index contributed by atoms with van der Waals surface area (Å²) in [7, 11) is 0. The van der Waals surface area contributed by atoms with E-state index in [9.17, 15) is 13.6 Å². The summed E-state index contributed by atoms with van der Waals surface area (Å²) >= 11 is 0. The number of aromatic nitrogens is 2. The Labute approximate surface area is 125 Å². The molecule has 0 spiro atoms. The predicted octanol–water partition coefficient (Wildman–Crippen LogP) is 2.53. The summed E-state index contributed by atoms with van der Waals surface area (Å²) in [6.07, 6.45) is 4.35. The van der Waals surface area contributed by atoms with E-state index in [-0.39, 0.29) is 17.2 Å². The summed E-state index contributed by atoms with van der Waals surface area (Å²) in [5.74, 6) is -0.902. The van der Waals surface area contributed by atoms with Crippen LogP contribution < -0.4 is 10.6 Å². The molecule has 1 amide bonds. The second-order valence-corrected chi connectivity index (χ2v) is 5.12. The monoisotopic (exact) mass is 304 g/mol. The van der Waals surface area contributed by atoms with E-state index in [1.807, 2.05) is 0 Å². The van der Waals surface area contributed by atoms with Crippen LogP contribution in [0.3, 0.4) is 0 Å². The molecule has 7 heteroatoms. The van der Waals surface area contributed by atoms with E-state index < -0.39 is 12.0 Å². The van der Waals surface area contributed by atoms with Crippen LogP contribution in [0.15, 0.2) is 42.7 Å². The lowest BCUT2D eigenvalue weighted by Crippen LogP contribution is -2.39. The maximum atomic E-state index is 14.4. The first kappa shape index (κ1) is 14.4. The molecule has 1 heterocycles. The maximum absolute atomic E-state index is 14.4. The Morgan fingerprint density at radius 2 is 1.95 bits per heavy atom. The van der Waals surface area contributed by atoms with Crippen LogP contribution in [0.5, 0.6) is 0 Å². The molecular weight excluding hydrogens is 290 g/mol. The van der Waals surface area contributed by atoms with Crippen molar-refractivity contribution in [2.24, 2.45) is 0 Å². The van der Waals surface area contributed by atoms with Gasteiger partial charge in [-0.3, -0.25) is 10.1 Å². The van der Waals surface area contributed by atoms with Gasteiger partial charge in [0.15, 0.2) is 0 Å². The minimum atomic E-state index is -3.49. The van der Waals surface area contributed by atoms with Crippen LogP contribution in [0.1, 0.15) is 28.8 Å². The molecule has 1 saturated carbocycles. The fourth-order valence-corrected chi connectivity index (χ4v) is 2.04. The van der Waals surface area contributed by atoms with E-state index in [2.05, 4.69) is 15.5 Å². The van der Waals surface area contributed by atoms with Crippen molar-refractivity contribution in [2.75, 3.05) is 5.32 Å². The smallest absolute Gasteiger partial charge is 0.354 e. The van der Waals surface area contributed by atoms with Crippen LogP contribution in [0.25, 0.3) is 0 Å². The minimum Gasteiger partial charge on any atom is -0.382 e. The highest BCUT2D eigenvalue weighted by atomic mass is 19.3. The molecule has 5 nitrogen and oxygen atoms in total. The van der Waals surface area contributed by atoms with Gasteiger partial charge in [-0.2, -0.15) is 19.0 Å². The second kappa shape index (κ2) is 5.67. The number of rotatable bonds is 5. The Morgan fingerprint density at radius 1 is 1.18 bits per heavy atom. The second-order valence-electron chi connectivity index (χ2n) is 5.12. The Morgan fingerprint density at radius 3 is 2.64 bits per heavy atom. The summed E-state index contributed by atoms with van der Waals surface area (Å²) in [4.78, 5) is 11.9. The third-order valence-electron chi connectivity index (χ3n) is 3.32. The lowest BCUT2D eigenvalue weighted by Gasteiger charge is -2.21. The molecule has 2 aromatic rings. The standard InChI is InChI=1S/C15H14F2N4O/c16-15(17,21-14(22)10-7-8-18-19-9-10)12-3-1-2-4-13(12)20-11-5-6-11/h1-4,7-9,11,20H,5-6H2,(H,21,22). The topological polar surface area (TPSA) is 66.9 Å². The Hall–Kier alpha value is -2.57. The summed E-state index contributed by atoms with van der Waals surface area (Å²) in [6, 6.07) is 4.15. The molecule has 22 heavy (non-hydrogen) atoms. The highest BCUT2D eigenvalue weighted by Crippen LogP contribution is 2.34. The Kier molecular flexibility index (Phi) is 3.70. The van der Waals surface area contributed by atoms with Gasteiger partial charge >= 0.3 is 6.05 Å². The zero-order valence-electron chi connectivity index (χ0n) is 11.6. The third kappa shape index (κ3) is 3.19. The number of hydrogen-bond acceptors (Lipinski definition) is 4. The van der Waals surface area contributed by atoms with Crippen LogP contribution in [0, 0.1) is 0 Å². The molecule has 0 radical (unpaired) electrons. The van der Waals surface area contributed by atoms with Crippen molar-refractivity contribution >= 4 is 11.6 Å². The van der Waals surface area contributed by atoms with Gasteiger partial charge in [0, 0.05) is 11.7 Å². The van der Waals surface area contributed by atoms with Crippen LogP contribution in [-0.2, 0) is 6.05 Å². The molecule has 0 saturated heterocycles. The predicted molar refractivity (Wildman–Crippen MR) is 76.5 cm³/mol. The third-order valence-corrected chi connectivity index (χ3v) is 3.32. The number of nitrogens with one attached hydrogen (secondary N) is 2. The van der Waals surface area contributed by atoms with Crippen molar-refractivity contribution in [1.82, 2.24) is 15.5 Å². The largest absolute Gasteiger partial charge is 0.382 e. The van der Waals surface area contributed by atoms with Crippen molar-refractivity contribution in [3.8, 4) is 0 Å². The Balaban J connectivity index is 1.81. The first-order chi connectivity index (χ1) is 10.6. The van der Waals surface area contributed by atoms with Gasteiger partial charge in [-0.25, -0.2) is 0 Å². The number of amides is 1. The minimum absolute atomic E-state index is 0.0299. The van der Waals surface area contributed by atoms with Crippen LogP contribution in [0.2, 0.25) is 0 Å². The number of carbonyl (C=O) groups is 1.